The number of rotatable bonds is 9. The molecule has 0 aromatic carbocycles. The minimum Gasteiger partial charge on any atom is -0.370 e. The SMILES string of the molecule is CCCNc1cc(C(=O)NCCCCSC)c(Cl)cn1. The van der Waals surface area contributed by atoms with Gasteiger partial charge >= 0.3 is 0 Å². The molecule has 2 N–H and O–H groups in total. The molecule has 6 heteroatoms. The summed E-state index contributed by atoms with van der Waals surface area (Å²) in [5, 5.41) is 6.43. The summed E-state index contributed by atoms with van der Waals surface area (Å²) in [5.74, 6) is 1.67. The van der Waals surface area contributed by atoms with Crippen molar-refractivity contribution in [2.75, 3.05) is 30.4 Å². The standard InChI is InChI=1S/C14H22ClN3OS/c1-3-6-16-13-9-11(12(15)10-18-13)14(19)17-7-4-5-8-20-2/h9-10H,3-8H2,1-2H3,(H,16,18)(H,17,19). The monoisotopic (exact) mass is 315 g/mol. The van der Waals surface area contributed by atoms with Crippen LogP contribution in [-0.2, 0) is 0 Å². The molecular formula is C14H22ClN3OS. The smallest absolute Gasteiger partial charge is 0.252 e. The summed E-state index contributed by atoms with van der Waals surface area (Å²) in [6, 6.07) is 1.70. The molecule has 0 radical (unpaired) electrons. The van der Waals surface area contributed by atoms with Crippen molar-refractivity contribution in [3.63, 3.8) is 0 Å². The molecule has 1 aromatic heterocycles. The van der Waals surface area contributed by atoms with E-state index in [-0.39, 0.29) is 5.91 Å². The zero-order valence-electron chi connectivity index (χ0n) is 12.0. The Kier molecular flexibility index (Phi) is 8.46. The van der Waals surface area contributed by atoms with E-state index in [4.69, 9.17) is 11.6 Å². The Balaban J connectivity index is 2.53. The lowest BCUT2D eigenvalue weighted by molar-refractivity contribution is 0.0953. The van der Waals surface area contributed by atoms with E-state index in [9.17, 15) is 4.79 Å². The van der Waals surface area contributed by atoms with E-state index in [0.29, 0.717) is 22.9 Å². The lowest BCUT2D eigenvalue weighted by atomic mass is 10.2. The molecule has 1 amide bonds. The maximum atomic E-state index is 12.1. The first kappa shape index (κ1) is 17.1. The summed E-state index contributed by atoms with van der Waals surface area (Å²) in [5.41, 5.74) is 0.477. The Hall–Kier alpha value is -0.940. The molecule has 0 unspecified atom stereocenters. The van der Waals surface area contributed by atoms with Gasteiger partial charge in [0.1, 0.15) is 5.82 Å². The van der Waals surface area contributed by atoms with Gasteiger partial charge in [-0.1, -0.05) is 18.5 Å². The lowest BCUT2D eigenvalue weighted by Crippen LogP contribution is -2.25. The van der Waals surface area contributed by atoms with Crippen LogP contribution in [0.4, 0.5) is 5.82 Å². The van der Waals surface area contributed by atoms with Crippen molar-refractivity contribution in [2.24, 2.45) is 0 Å². The van der Waals surface area contributed by atoms with Gasteiger partial charge in [0.2, 0.25) is 0 Å². The van der Waals surface area contributed by atoms with Gasteiger partial charge in [-0.25, -0.2) is 4.98 Å². The van der Waals surface area contributed by atoms with E-state index >= 15 is 0 Å². The van der Waals surface area contributed by atoms with Gasteiger partial charge in [0, 0.05) is 19.3 Å². The number of pyridine rings is 1. The number of halogens is 1. The summed E-state index contributed by atoms with van der Waals surface area (Å²) in [4.78, 5) is 16.2. The van der Waals surface area contributed by atoms with Crippen LogP contribution >= 0.6 is 23.4 Å². The van der Waals surface area contributed by atoms with E-state index in [0.717, 1.165) is 31.6 Å². The first-order valence-corrected chi connectivity index (χ1v) is 8.62. The van der Waals surface area contributed by atoms with Crippen LogP contribution in [-0.4, -0.2) is 36.0 Å². The fourth-order valence-electron chi connectivity index (χ4n) is 1.63. The van der Waals surface area contributed by atoms with E-state index in [1.807, 2.05) is 11.8 Å². The highest BCUT2D eigenvalue weighted by Gasteiger charge is 2.11. The second-order valence-electron chi connectivity index (χ2n) is 4.43. The molecule has 0 aliphatic rings. The summed E-state index contributed by atoms with van der Waals surface area (Å²) < 4.78 is 0. The van der Waals surface area contributed by atoms with Crippen LogP contribution in [0.15, 0.2) is 12.3 Å². The maximum Gasteiger partial charge on any atom is 0.252 e. The molecule has 0 saturated carbocycles. The molecule has 1 heterocycles. The first-order chi connectivity index (χ1) is 9.69. The fraction of sp³-hybridized carbons (Fsp3) is 0.571. The Labute approximate surface area is 130 Å². The van der Waals surface area contributed by atoms with E-state index in [1.165, 1.54) is 6.20 Å². The van der Waals surface area contributed by atoms with Crippen LogP contribution in [0.25, 0.3) is 0 Å². The average Bonchev–Trinajstić information content (AvgIpc) is 2.46. The van der Waals surface area contributed by atoms with Gasteiger partial charge in [0.15, 0.2) is 0 Å². The van der Waals surface area contributed by atoms with Gasteiger partial charge in [-0.05, 0) is 37.3 Å². The summed E-state index contributed by atoms with van der Waals surface area (Å²) in [7, 11) is 0. The first-order valence-electron chi connectivity index (χ1n) is 6.85. The highest BCUT2D eigenvalue weighted by molar-refractivity contribution is 7.98. The molecule has 0 fully saturated rings. The number of hydrogen-bond donors (Lipinski definition) is 2. The van der Waals surface area contributed by atoms with Gasteiger partial charge in [-0.15, -0.1) is 0 Å². The number of hydrogen-bond acceptors (Lipinski definition) is 4. The van der Waals surface area contributed by atoms with Crippen LogP contribution in [0.5, 0.6) is 0 Å². The van der Waals surface area contributed by atoms with Crippen molar-refractivity contribution in [1.82, 2.24) is 10.3 Å². The minimum absolute atomic E-state index is 0.138. The van der Waals surface area contributed by atoms with Crippen molar-refractivity contribution >= 4 is 35.1 Å². The van der Waals surface area contributed by atoms with Crippen LogP contribution in [0, 0.1) is 0 Å². The molecule has 0 saturated heterocycles. The minimum atomic E-state index is -0.138. The summed E-state index contributed by atoms with van der Waals surface area (Å²) >= 11 is 7.85. The maximum absolute atomic E-state index is 12.1. The molecule has 0 aliphatic heterocycles. The Bertz CT molecular complexity index is 429. The number of nitrogens with one attached hydrogen (secondary N) is 2. The lowest BCUT2D eigenvalue weighted by Gasteiger charge is -2.09. The van der Waals surface area contributed by atoms with Crippen molar-refractivity contribution < 1.29 is 4.79 Å². The topological polar surface area (TPSA) is 54.0 Å². The number of thioether (sulfide) groups is 1. The average molecular weight is 316 g/mol. The highest BCUT2D eigenvalue weighted by Crippen LogP contribution is 2.18. The largest absolute Gasteiger partial charge is 0.370 e. The Morgan fingerprint density at radius 2 is 2.20 bits per heavy atom. The van der Waals surface area contributed by atoms with Gasteiger partial charge in [0.25, 0.3) is 5.91 Å². The van der Waals surface area contributed by atoms with Crippen LogP contribution in [0.2, 0.25) is 5.02 Å². The third-order valence-corrected chi connectivity index (χ3v) is 3.71. The van der Waals surface area contributed by atoms with Crippen molar-refractivity contribution in [1.29, 1.82) is 0 Å². The van der Waals surface area contributed by atoms with E-state index < -0.39 is 0 Å². The van der Waals surface area contributed by atoms with Gasteiger partial charge in [-0.3, -0.25) is 4.79 Å². The number of amides is 1. The predicted octanol–water partition coefficient (Wildman–Crippen LogP) is 3.43. The second kappa shape index (κ2) is 9.88. The summed E-state index contributed by atoms with van der Waals surface area (Å²) in [6.45, 7) is 3.57. The van der Waals surface area contributed by atoms with Crippen molar-refractivity contribution in [3.05, 3.63) is 22.8 Å². The highest BCUT2D eigenvalue weighted by atomic mass is 35.5. The predicted molar refractivity (Wildman–Crippen MR) is 88.0 cm³/mol. The molecule has 1 rings (SSSR count). The summed E-state index contributed by atoms with van der Waals surface area (Å²) in [6.07, 6.45) is 6.69. The third kappa shape index (κ3) is 6.01. The number of anilines is 1. The van der Waals surface area contributed by atoms with E-state index in [1.54, 1.807) is 6.07 Å². The molecule has 0 atom stereocenters. The fourth-order valence-corrected chi connectivity index (χ4v) is 2.31. The molecule has 112 valence electrons. The van der Waals surface area contributed by atoms with Crippen molar-refractivity contribution in [2.45, 2.75) is 26.2 Å². The Morgan fingerprint density at radius 3 is 2.90 bits per heavy atom. The molecule has 0 aliphatic carbocycles. The van der Waals surface area contributed by atoms with Crippen molar-refractivity contribution in [3.8, 4) is 0 Å². The molecule has 0 bridgehead atoms. The van der Waals surface area contributed by atoms with Crippen LogP contribution in [0.3, 0.4) is 0 Å². The molecule has 20 heavy (non-hydrogen) atoms. The van der Waals surface area contributed by atoms with Gasteiger partial charge < -0.3 is 10.6 Å². The molecule has 0 spiro atoms. The second-order valence-corrected chi connectivity index (χ2v) is 5.82. The molecule has 1 aromatic rings. The zero-order valence-corrected chi connectivity index (χ0v) is 13.6. The van der Waals surface area contributed by atoms with E-state index in [2.05, 4.69) is 28.8 Å². The van der Waals surface area contributed by atoms with Crippen LogP contribution < -0.4 is 10.6 Å². The zero-order chi connectivity index (χ0) is 14.8. The third-order valence-electron chi connectivity index (χ3n) is 2.72. The molecular weight excluding hydrogens is 294 g/mol. The number of unbranched alkanes of at least 4 members (excludes halogenated alkanes) is 1. The quantitative estimate of drug-likeness (QED) is 0.686. The number of nitrogens with zero attached hydrogens (tertiary/aromatic N) is 1. The number of carbonyl (C=O) groups is 1. The van der Waals surface area contributed by atoms with Gasteiger partial charge in [-0.2, -0.15) is 11.8 Å². The van der Waals surface area contributed by atoms with Crippen LogP contribution in [0.1, 0.15) is 36.5 Å². The molecule has 4 nitrogen and oxygen atoms in total. The number of carbonyl (C=O) groups excluding carboxylic acids is 1. The Morgan fingerprint density at radius 1 is 1.40 bits per heavy atom. The number of aromatic nitrogens is 1. The normalized spacial score (nSPS) is 10.3. The van der Waals surface area contributed by atoms with Gasteiger partial charge in [0.05, 0.1) is 10.6 Å².